The van der Waals surface area contributed by atoms with Gasteiger partial charge in [0.15, 0.2) is 0 Å². The highest BCUT2D eigenvalue weighted by atomic mass is 32.2. The van der Waals surface area contributed by atoms with Gasteiger partial charge in [-0.1, -0.05) is 30.3 Å². The lowest BCUT2D eigenvalue weighted by Gasteiger charge is -2.26. The van der Waals surface area contributed by atoms with Crippen LogP contribution >= 0.6 is 7.75 Å². The zero-order valence-electron chi connectivity index (χ0n) is 21.4. The molecule has 0 aliphatic rings. The number of carbonyl (C=O) groups excluding carboxylic acids is 2. The summed E-state index contributed by atoms with van der Waals surface area (Å²) in [5.41, 5.74) is 0. The number of hydrogen-bond donors (Lipinski definition) is 2. The molecule has 0 radical (unpaired) electrons. The third-order valence-corrected chi connectivity index (χ3v) is 7.42. The number of benzene rings is 2. The van der Waals surface area contributed by atoms with E-state index in [-0.39, 0.29) is 10.2 Å². The minimum Gasteiger partial charge on any atom is -0.456 e. The van der Waals surface area contributed by atoms with Crippen molar-refractivity contribution in [1.29, 1.82) is 0 Å². The van der Waals surface area contributed by atoms with Gasteiger partial charge in [-0.15, -0.1) is 0 Å². The van der Waals surface area contributed by atoms with Crippen molar-refractivity contribution in [3.05, 3.63) is 54.6 Å². The predicted octanol–water partition coefficient (Wildman–Crippen LogP) is 5.19. The Bertz CT molecular complexity index is 1210. The SMILES string of the molecule is CC(C)NC(=O)ON(C(=O)NP(=O)(OC(C)C)OC(C)C)S(=O)(=O)c1ccccc1Oc1ccccc1. The first-order chi connectivity index (χ1) is 17.2. The molecule has 37 heavy (non-hydrogen) atoms. The molecule has 0 saturated heterocycles. The average molecular weight is 558 g/mol. The second-order valence-corrected chi connectivity index (χ2v) is 11.9. The van der Waals surface area contributed by atoms with E-state index in [1.807, 2.05) is 5.09 Å². The van der Waals surface area contributed by atoms with Crippen molar-refractivity contribution in [2.24, 2.45) is 0 Å². The van der Waals surface area contributed by atoms with Crippen molar-refractivity contribution >= 4 is 29.9 Å². The van der Waals surface area contributed by atoms with Crippen LogP contribution in [-0.4, -0.2) is 43.3 Å². The number of amides is 3. The van der Waals surface area contributed by atoms with Gasteiger partial charge < -0.3 is 14.9 Å². The summed E-state index contributed by atoms with van der Waals surface area (Å²) in [4.78, 5) is 29.9. The van der Waals surface area contributed by atoms with E-state index in [9.17, 15) is 22.6 Å². The molecule has 0 spiro atoms. The molecule has 3 amide bonds. The Morgan fingerprint density at radius 2 is 1.41 bits per heavy atom. The van der Waals surface area contributed by atoms with Crippen molar-refractivity contribution in [2.45, 2.75) is 64.7 Å². The molecule has 12 nitrogen and oxygen atoms in total. The number of carbonyl (C=O) groups is 2. The summed E-state index contributed by atoms with van der Waals surface area (Å²) in [5, 5.41) is 4.26. The predicted molar refractivity (Wildman–Crippen MR) is 135 cm³/mol. The van der Waals surface area contributed by atoms with Crippen LogP contribution in [0.25, 0.3) is 0 Å². The summed E-state index contributed by atoms with van der Waals surface area (Å²) in [6.45, 7) is 9.37. The first-order valence-electron chi connectivity index (χ1n) is 11.4. The quantitative estimate of drug-likeness (QED) is 0.297. The van der Waals surface area contributed by atoms with Gasteiger partial charge in [0.2, 0.25) is 0 Å². The molecule has 0 aliphatic carbocycles. The second-order valence-electron chi connectivity index (χ2n) is 8.49. The highest BCUT2D eigenvalue weighted by molar-refractivity contribution is 7.89. The molecule has 0 saturated carbocycles. The molecule has 2 N–H and O–H groups in total. The Kier molecular flexibility index (Phi) is 10.5. The van der Waals surface area contributed by atoms with Crippen molar-refractivity contribution in [1.82, 2.24) is 14.9 Å². The van der Waals surface area contributed by atoms with Crippen LogP contribution in [0.4, 0.5) is 9.59 Å². The van der Waals surface area contributed by atoms with Gasteiger partial charge in [-0.25, -0.2) is 19.2 Å². The van der Waals surface area contributed by atoms with Crippen molar-refractivity contribution < 1.29 is 41.2 Å². The van der Waals surface area contributed by atoms with Crippen LogP contribution in [0.1, 0.15) is 41.5 Å². The molecular weight excluding hydrogens is 525 g/mol. The van der Waals surface area contributed by atoms with Crippen molar-refractivity contribution in [2.75, 3.05) is 0 Å². The molecule has 2 aromatic carbocycles. The van der Waals surface area contributed by atoms with Crippen LogP contribution in [0, 0.1) is 0 Å². The van der Waals surface area contributed by atoms with Crippen LogP contribution < -0.4 is 15.1 Å². The fourth-order valence-corrected chi connectivity index (χ4v) is 5.66. The third-order valence-electron chi connectivity index (χ3n) is 3.99. The first-order valence-corrected chi connectivity index (χ1v) is 14.4. The van der Waals surface area contributed by atoms with E-state index in [0.717, 1.165) is 6.07 Å². The number of nitrogens with zero attached hydrogens (tertiary/aromatic N) is 1. The Hall–Kier alpha value is -3.12. The fourth-order valence-electron chi connectivity index (χ4n) is 2.78. The molecule has 0 bridgehead atoms. The molecule has 0 aliphatic heterocycles. The minimum absolute atomic E-state index is 0.153. The van der Waals surface area contributed by atoms with Crippen LogP contribution in [0.5, 0.6) is 11.5 Å². The van der Waals surface area contributed by atoms with Crippen LogP contribution in [-0.2, 0) is 28.5 Å². The van der Waals surface area contributed by atoms with Gasteiger partial charge in [-0.2, -0.15) is 8.42 Å². The smallest absolute Gasteiger partial charge is 0.436 e. The summed E-state index contributed by atoms with van der Waals surface area (Å²) in [6, 6.07) is 11.7. The molecule has 14 heteroatoms. The van der Waals surface area contributed by atoms with Gasteiger partial charge in [-0.05, 0) is 70.3 Å². The Morgan fingerprint density at radius 3 is 1.95 bits per heavy atom. The Morgan fingerprint density at radius 1 is 0.865 bits per heavy atom. The fraction of sp³-hybridized carbons (Fsp3) is 0.391. The maximum Gasteiger partial charge on any atom is 0.436 e. The van der Waals surface area contributed by atoms with Gasteiger partial charge >= 0.3 is 29.9 Å². The number of urea groups is 1. The molecule has 0 fully saturated rings. The number of ether oxygens (including phenoxy) is 1. The molecule has 0 unspecified atom stereocenters. The standard InChI is InChI=1S/C23H32N3O9PS/c1-16(2)24-23(28)33-26(22(27)25-36(29,34-17(3)4)35-18(5)6)37(30,31)21-15-11-10-14-20(21)32-19-12-8-7-9-13-19/h7-18H,1-6H3,(H,24,28)(H,25,27,29). The molecule has 2 aromatic rings. The molecule has 204 valence electrons. The van der Waals surface area contributed by atoms with E-state index in [1.54, 1.807) is 71.9 Å². The molecular formula is C23H32N3O9PS. The maximum absolute atomic E-state index is 13.6. The van der Waals surface area contributed by atoms with Gasteiger partial charge in [0, 0.05) is 6.04 Å². The summed E-state index contributed by atoms with van der Waals surface area (Å²) >= 11 is 0. The van der Waals surface area contributed by atoms with E-state index in [1.165, 1.54) is 18.2 Å². The lowest BCUT2D eigenvalue weighted by Crippen LogP contribution is -2.47. The summed E-state index contributed by atoms with van der Waals surface area (Å²) in [5.74, 6) is 0.166. The van der Waals surface area contributed by atoms with Gasteiger partial charge in [0.25, 0.3) is 0 Å². The first kappa shape index (κ1) is 30.1. The monoisotopic (exact) mass is 557 g/mol. The zero-order valence-corrected chi connectivity index (χ0v) is 23.1. The number of nitrogens with one attached hydrogen (secondary N) is 2. The molecule has 0 heterocycles. The van der Waals surface area contributed by atoms with E-state index >= 15 is 0 Å². The summed E-state index contributed by atoms with van der Waals surface area (Å²) in [6.07, 6.45) is -2.58. The molecule has 0 aromatic heterocycles. The summed E-state index contributed by atoms with van der Waals surface area (Å²) < 4.78 is 56.5. The van der Waals surface area contributed by atoms with E-state index in [0.29, 0.717) is 5.75 Å². The zero-order chi connectivity index (χ0) is 27.8. The van der Waals surface area contributed by atoms with Crippen molar-refractivity contribution in [3.8, 4) is 11.5 Å². The van der Waals surface area contributed by atoms with E-state index in [2.05, 4.69) is 5.32 Å². The maximum atomic E-state index is 13.6. The second kappa shape index (κ2) is 12.9. The normalized spacial score (nSPS) is 11.9. The summed E-state index contributed by atoms with van der Waals surface area (Å²) in [7, 11) is -9.32. The van der Waals surface area contributed by atoms with Crippen LogP contribution in [0.2, 0.25) is 0 Å². The lowest BCUT2D eigenvalue weighted by atomic mass is 10.3. The number of sulfonamides is 1. The Balaban J connectivity index is 2.52. The largest absolute Gasteiger partial charge is 0.456 e. The number of rotatable bonds is 10. The van der Waals surface area contributed by atoms with Gasteiger partial charge in [0.05, 0.1) is 12.2 Å². The highest BCUT2D eigenvalue weighted by Gasteiger charge is 2.41. The van der Waals surface area contributed by atoms with Crippen LogP contribution in [0.15, 0.2) is 59.5 Å². The van der Waals surface area contributed by atoms with Crippen LogP contribution in [0.3, 0.4) is 0 Å². The van der Waals surface area contributed by atoms with E-state index < -0.39 is 53.0 Å². The molecule has 0 atom stereocenters. The van der Waals surface area contributed by atoms with Gasteiger partial charge in [0.1, 0.15) is 16.4 Å². The number of para-hydroxylation sites is 2. The van der Waals surface area contributed by atoms with E-state index in [4.69, 9.17) is 18.6 Å². The van der Waals surface area contributed by atoms with Crippen molar-refractivity contribution in [3.63, 3.8) is 0 Å². The number of hydroxylamine groups is 1. The Labute approximate surface area is 216 Å². The molecule has 2 rings (SSSR count). The highest BCUT2D eigenvalue weighted by Crippen LogP contribution is 2.46. The third kappa shape index (κ3) is 9.04. The van der Waals surface area contributed by atoms with Gasteiger partial charge in [-0.3, -0.25) is 9.05 Å². The minimum atomic E-state index is -4.93. The average Bonchev–Trinajstić information content (AvgIpc) is 2.76. The topological polar surface area (TPSA) is 150 Å². The number of hydrogen-bond acceptors (Lipinski definition) is 9. The lowest BCUT2D eigenvalue weighted by molar-refractivity contribution is 0.00918.